The molecule has 2 aromatic carbocycles. The maximum absolute atomic E-state index is 12.4. The highest BCUT2D eigenvalue weighted by molar-refractivity contribution is 6.08. The molecule has 0 aliphatic rings. The van der Waals surface area contributed by atoms with Gasteiger partial charge in [-0.25, -0.2) is 0 Å². The van der Waals surface area contributed by atoms with Gasteiger partial charge >= 0.3 is 0 Å². The summed E-state index contributed by atoms with van der Waals surface area (Å²) in [6, 6.07) is 16.1. The number of rotatable bonds is 6. The van der Waals surface area contributed by atoms with Crippen molar-refractivity contribution >= 4 is 17.7 Å². The Morgan fingerprint density at radius 3 is 2.27 bits per heavy atom. The van der Waals surface area contributed by atoms with Gasteiger partial charge in [-0.1, -0.05) is 30.3 Å². The number of carbonyl (C=O) groups excluding carboxylic acids is 1. The second kappa shape index (κ2) is 7.60. The molecular formula is C19H19N5O2. The number of ether oxygens (including phenoxy) is 1. The van der Waals surface area contributed by atoms with E-state index in [0.717, 1.165) is 0 Å². The average molecular weight is 349 g/mol. The Morgan fingerprint density at radius 2 is 1.62 bits per heavy atom. The lowest BCUT2D eigenvalue weighted by atomic mass is 10.0. The van der Waals surface area contributed by atoms with Crippen LogP contribution in [0.1, 0.15) is 21.7 Å². The molecular weight excluding hydrogens is 330 g/mol. The smallest absolute Gasteiger partial charge is 0.230 e. The molecule has 0 aliphatic carbocycles. The number of benzene rings is 2. The van der Waals surface area contributed by atoms with Gasteiger partial charge in [-0.3, -0.25) is 4.79 Å². The van der Waals surface area contributed by atoms with Crippen LogP contribution in [0.5, 0.6) is 5.75 Å². The molecule has 2 N–H and O–H groups in total. The molecule has 0 atom stereocenters. The molecule has 0 saturated heterocycles. The van der Waals surface area contributed by atoms with Crippen molar-refractivity contribution in [1.29, 1.82) is 0 Å². The summed E-state index contributed by atoms with van der Waals surface area (Å²) in [6.07, 6.45) is 0. The maximum atomic E-state index is 12.4. The van der Waals surface area contributed by atoms with Gasteiger partial charge in [0.15, 0.2) is 11.6 Å². The van der Waals surface area contributed by atoms with E-state index in [9.17, 15) is 4.79 Å². The molecule has 0 bridgehead atoms. The fourth-order valence-corrected chi connectivity index (χ4v) is 2.30. The zero-order valence-electron chi connectivity index (χ0n) is 14.6. The third kappa shape index (κ3) is 4.13. The predicted molar refractivity (Wildman–Crippen MR) is 99.2 cm³/mol. The van der Waals surface area contributed by atoms with Crippen molar-refractivity contribution < 1.29 is 9.53 Å². The van der Waals surface area contributed by atoms with Crippen LogP contribution in [0.3, 0.4) is 0 Å². The second-order valence-electron chi connectivity index (χ2n) is 5.81. The maximum Gasteiger partial charge on any atom is 0.230 e. The minimum atomic E-state index is -0.0296. The molecule has 0 aliphatic heterocycles. The number of nitrogen functional groups attached to an aromatic ring is 1. The summed E-state index contributed by atoms with van der Waals surface area (Å²) in [4.78, 5) is 26.5. The summed E-state index contributed by atoms with van der Waals surface area (Å²) in [5.41, 5.74) is 6.94. The van der Waals surface area contributed by atoms with Crippen molar-refractivity contribution in [2.24, 2.45) is 0 Å². The van der Waals surface area contributed by atoms with E-state index < -0.39 is 0 Å². The molecule has 0 fully saturated rings. The molecule has 0 unspecified atom stereocenters. The molecule has 26 heavy (non-hydrogen) atoms. The zero-order chi connectivity index (χ0) is 18.5. The molecule has 0 radical (unpaired) electrons. The van der Waals surface area contributed by atoms with Gasteiger partial charge in [0.25, 0.3) is 0 Å². The predicted octanol–water partition coefficient (Wildman–Crippen LogP) is 2.33. The zero-order valence-corrected chi connectivity index (χ0v) is 14.6. The molecule has 7 nitrogen and oxygen atoms in total. The first-order chi connectivity index (χ1) is 12.5. The highest BCUT2D eigenvalue weighted by Crippen LogP contribution is 2.17. The van der Waals surface area contributed by atoms with Gasteiger partial charge < -0.3 is 15.4 Å². The van der Waals surface area contributed by atoms with Crippen LogP contribution in [0.25, 0.3) is 0 Å². The van der Waals surface area contributed by atoms with Gasteiger partial charge in [0.1, 0.15) is 12.4 Å². The molecule has 132 valence electrons. The van der Waals surface area contributed by atoms with E-state index in [2.05, 4.69) is 15.0 Å². The average Bonchev–Trinajstić information content (AvgIpc) is 2.66. The first kappa shape index (κ1) is 17.3. The van der Waals surface area contributed by atoms with E-state index >= 15 is 0 Å². The number of hydrogen-bond donors (Lipinski definition) is 1. The fourth-order valence-electron chi connectivity index (χ4n) is 2.30. The number of anilines is 2. The number of aromatic nitrogens is 3. The van der Waals surface area contributed by atoms with Gasteiger partial charge in [-0.05, 0) is 24.3 Å². The third-order valence-electron chi connectivity index (χ3n) is 3.61. The molecule has 0 saturated carbocycles. The second-order valence-corrected chi connectivity index (χ2v) is 5.81. The molecule has 3 rings (SSSR count). The Bertz CT molecular complexity index is 896. The summed E-state index contributed by atoms with van der Waals surface area (Å²) in [6.45, 7) is 0.152. The number of ketones is 1. The lowest BCUT2D eigenvalue weighted by molar-refractivity contribution is 0.103. The van der Waals surface area contributed by atoms with E-state index in [4.69, 9.17) is 10.5 Å². The quantitative estimate of drug-likeness (QED) is 0.683. The fraction of sp³-hybridized carbons (Fsp3) is 0.158. The van der Waals surface area contributed by atoms with Crippen molar-refractivity contribution in [3.05, 3.63) is 71.5 Å². The van der Waals surface area contributed by atoms with Crippen LogP contribution in [-0.2, 0) is 6.61 Å². The van der Waals surface area contributed by atoms with Gasteiger partial charge in [-0.2, -0.15) is 15.0 Å². The lowest BCUT2D eigenvalue weighted by Crippen LogP contribution is -2.16. The minimum Gasteiger partial charge on any atom is -0.486 e. The SMILES string of the molecule is CN(C)c1nc(N)nc(COc2ccc(C(=O)c3ccccc3)cc2)n1. The van der Waals surface area contributed by atoms with Gasteiger partial charge in [0, 0.05) is 25.2 Å². The first-order valence-electron chi connectivity index (χ1n) is 8.03. The summed E-state index contributed by atoms with van der Waals surface area (Å²) in [7, 11) is 3.64. The van der Waals surface area contributed by atoms with Crippen LogP contribution in [0.15, 0.2) is 54.6 Å². The number of hydrogen-bond acceptors (Lipinski definition) is 7. The monoisotopic (exact) mass is 349 g/mol. The summed E-state index contributed by atoms with van der Waals surface area (Å²) in [5, 5.41) is 0. The minimum absolute atomic E-state index is 0.0296. The van der Waals surface area contributed by atoms with Crippen molar-refractivity contribution in [3.63, 3.8) is 0 Å². The lowest BCUT2D eigenvalue weighted by Gasteiger charge is -2.12. The molecule has 3 aromatic rings. The van der Waals surface area contributed by atoms with Crippen molar-refractivity contribution in [2.75, 3.05) is 24.7 Å². The number of nitrogens with zero attached hydrogens (tertiary/aromatic N) is 4. The number of nitrogens with two attached hydrogens (primary N) is 1. The summed E-state index contributed by atoms with van der Waals surface area (Å²) >= 11 is 0. The molecule has 7 heteroatoms. The van der Waals surface area contributed by atoms with Crippen LogP contribution in [0.4, 0.5) is 11.9 Å². The Balaban J connectivity index is 1.68. The highest BCUT2D eigenvalue weighted by Gasteiger charge is 2.10. The van der Waals surface area contributed by atoms with E-state index in [-0.39, 0.29) is 18.3 Å². The van der Waals surface area contributed by atoms with Gasteiger partial charge in [0.05, 0.1) is 0 Å². The third-order valence-corrected chi connectivity index (χ3v) is 3.61. The van der Waals surface area contributed by atoms with Gasteiger partial charge in [0.2, 0.25) is 11.9 Å². The van der Waals surface area contributed by atoms with Crippen molar-refractivity contribution in [2.45, 2.75) is 6.61 Å². The van der Waals surface area contributed by atoms with Crippen LogP contribution < -0.4 is 15.4 Å². The Hall–Kier alpha value is -3.48. The van der Waals surface area contributed by atoms with E-state index in [0.29, 0.717) is 28.6 Å². The highest BCUT2D eigenvalue weighted by atomic mass is 16.5. The Morgan fingerprint density at radius 1 is 0.962 bits per heavy atom. The molecule has 0 amide bonds. The standard InChI is InChI=1S/C19H19N5O2/c1-24(2)19-22-16(21-18(20)23-19)12-26-15-10-8-14(9-11-15)17(25)13-6-4-3-5-7-13/h3-11H,12H2,1-2H3,(H2,20,21,22,23). The largest absolute Gasteiger partial charge is 0.486 e. The van der Waals surface area contributed by atoms with Crippen molar-refractivity contribution in [3.8, 4) is 5.75 Å². The van der Waals surface area contributed by atoms with Crippen molar-refractivity contribution in [1.82, 2.24) is 15.0 Å². The van der Waals surface area contributed by atoms with Gasteiger partial charge in [-0.15, -0.1) is 0 Å². The van der Waals surface area contributed by atoms with Crippen LogP contribution >= 0.6 is 0 Å². The van der Waals surface area contributed by atoms with E-state index in [1.54, 1.807) is 41.3 Å². The topological polar surface area (TPSA) is 94.2 Å². The Labute approximate surface area is 151 Å². The Kier molecular flexibility index (Phi) is 5.07. The summed E-state index contributed by atoms with van der Waals surface area (Å²) < 4.78 is 5.68. The molecule has 1 heterocycles. The van der Waals surface area contributed by atoms with Crippen LogP contribution in [-0.4, -0.2) is 34.8 Å². The molecule has 1 aromatic heterocycles. The van der Waals surface area contributed by atoms with E-state index in [1.807, 2.05) is 32.3 Å². The summed E-state index contributed by atoms with van der Waals surface area (Å²) in [5.74, 6) is 1.63. The normalized spacial score (nSPS) is 10.4. The van der Waals surface area contributed by atoms with Crippen LogP contribution in [0, 0.1) is 0 Å². The van der Waals surface area contributed by atoms with E-state index in [1.165, 1.54) is 0 Å². The number of carbonyl (C=O) groups is 1. The first-order valence-corrected chi connectivity index (χ1v) is 8.03. The van der Waals surface area contributed by atoms with Crippen LogP contribution in [0.2, 0.25) is 0 Å². The molecule has 0 spiro atoms.